The minimum absolute atomic E-state index is 0.0160. The summed E-state index contributed by atoms with van der Waals surface area (Å²) in [7, 11) is 0. The first kappa shape index (κ1) is 34.7. The predicted octanol–water partition coefficient (Wildman–Crippen LogP) is 4.89. The number of ether oxygens (including phenoxy) is 1. The molecular weight excluding hydrogens is 573 g/mol. The molecular formula is C23H28Cl3NO9S. The molecule has 0 aromatic heterocycles. The largest absolute Gasteiger partial charge is 0.481 e. The van der Waals surface area contributed by atoms with Gasteiger partial charge in [-0.2, -0.15) is 0 Å². The fraction of sp³-hybridized carbons (Fsp3) is 0.435. The molecule has 0 saturated carbocycles. The van der Waals surface area contributed by atoms with E-state index in [2.05, 4.69) is 4.74 Å². The number of nitrogens with zero attached hydrogens (tertiary/aromatic N) is 1. The standard InChI is InChI=1S/C13H12O8.C10H16Cl3NOS/c14-9(15)6-13(20,12(18)19)7-10(16)21-11(17)8-4-2-1-3-5-8;1-6(2)14(7(3)4)10(15)16-5-8(11)9(12)13/h1-5,20H,6-7H2,(H,14,15)(H,18,19);6-7H,5H2,1-4H3. The number of halogens is 3. The van der Waals surface area contributed by atoms with E-state index < -0.39 is 42.3 Å². The van der Waals surface area contributed by atoms with Gasteiger partial charge in [0.2, 0.25) is 0 Å². The molecule has 0 aliphatic rings. The predicted molar refractivity (Wildman–Crippen MR) is 141 cm³/mol. The van der Waals surface area contributed by atoms with Crippen molar-refractivity contribution in [1.82, 2.24) is 4.90 Å². The Hall–Kier alpha value is -2.31. The first-order chi connectivity index (χ1) is 17.0. The molecule has 206 valence electrons. The van der Waals surface area contributed by atoms with E-state index in [1.165, 1.54) is 24.3 Å². The van der Waals surface area contributed by atoms with Crippen LogP contribution >= 0.6 is 46.6 Å². The molecule has 1 unspecified atom stereocenters. The summed E-state index contributed by atoms with van der Waals surface area (Å²) in [6.45, 7) is 7.91. The normalized spacial score (nSPS) is 12.1. The Labute approximate surface area is 233 Å². The molecule has 1 aromatic rings. The van der Waals surface area contributed by atoms with Crippen LogP contribution in [0.25, 0.3) is 0 Å². The van der Waals surface area contributed by atoms with Crippen molar-refractivity contribution in [3.63, 3.8) is 0 Å². The van der Waals surface area contributed by atoms with E-state index in [1.807, 2.05) is 27.7 Å². The molecule has 3 N–H and O–H groups in total. The Morgan fingerprint density at radius 2 is 1.46 bits per heavy atom. The lowest BCUT2D eigenvalue weighted by atomic mass is 9.96. The smallest absolute Gasteiger partial charge is 0.345 e. The Morgan fingerprint density at radius 1 is 0.946 bits per heavy atom. The van der Waals surface area contributed by atoms with E-state index in [9.17, 15) is 29.1 Å². The third-order valence-corrected chi connectivity index (χ3v) is 6.37. The number of thioether (sulfide) groups is 1. The van der Waals surface area contributed by atoms with Crippen molar-refractivity contribution < 1.29 is 44.0 Å². The van der Waals surface area contributed by atoms with Gasteiger partial charge < -0.3 is 25.0 Å². The van der Waals surface area contributed by atoms with E-state index in [-0.39, 0.29) is 27.4 Å². The fourth-order valence-corrected chi connectivity index (χ4v) is 4.17. The van der Waals surface area contributed by atoms with Crippen molar-refractivity contribution in [2.75, 3.05) is 5.75 Å². The summed E-state index contributed by atoms with van der Waals surface area (Å²) in [5.41, 5.74) is -2.78. The second-order valence-corrected chi connectivity index (χ2v) is 10.4. The molecule has 1 rings (SSSR count). The molecule has 1 aromatic carbocycles. The molecule has 10 nitrogen and oxygen atoms in total. The highest BCUT2D eigenvalue weighted by molar-refractivity contribution is 8.13. The Bertz CT molecular complexity index is 990. The first-order valence-electron chi connectivity index (χ1n) is 10.6. The summed E-state index contributed by atoms with van der Waals surface area (Å²) in [5.74, 6) is -5.56. The highest BCUT2D eigenvalue weighted by Crippen LogP contribution is 2.24. The summed E-state index contributed by atoms with van der Waals surface area (Å²) in [6.07, 6.45) is -2.36. The van der Waals surface area contributed by atoms with Crippen molar-refractivity contribution in [3.8, 4) is 0 Å². The average molecular weight is 601 g/mol. The maximum Gasteiger partial charge on any atom is 0.345 e. The van der Waals surface area contributed by atoms with Crippen LogP contribution in [-0.2, 0) is 19.1 Å². The summed E-state index contributed by atoms with van der Waals surface area (Å²) >= 11 is 17.8. The van der Waals surface area contributed by atoms with Crippen molar-refractivity contribution >= 4 is 75.7 Å². The summed E-state index contributed by atoms with van der Waals surface area (Å²) in [6, 6.07) is 7.75. The minimum atomic E-state index is -2.83. The molecule has 0 fully saturated rings. The molecule has 1 amide bonds. The Kier molecular flexibility index (Phi) is 15.5. The topological polar surface area (TPSA) is 159 Å². The number of amides is 1. The molecule has 0 radical (unpaired) electrons. The van der Waals surface area contributed by atoms with Crippen molar-refractivity contribution in [2.45, 2.75) is 58.2 Å². The fourth-order valence-electron chi connectivity index (χ4n) is 2.75. The van der Waals surface area contributed by atoms with Crippen LogP contribution in [0.2, 0.25) is 0 Å². The van der Waals surface area contributed by atoms with Gasteiger partial charge in [0.05, 0.1) is 23.4 Å². The van der Waals surface area contributed by atoms with Crippen LogP contribution in [0.5, 0.6) is 0 Å². The van der Waals surface area contributed by atoms with Crippen molar-refractivity contribution in [1.29, 1.82) is 0 Å². The summed E-state index contributed by atoms with van der Waals surface area (Å²) in [5, 5.41) is 27.2. The second-order valence-electron chi connectivity index (χ2n) is 8.03. The number of rotatable bonds is 10. The van der Waals surface area contributed by atoms with Gasteiger partial charge in [-0.3, -0.25) is 14.4 Å². The second kappa shape index (κ2) is 16.5. The van der Waals surface area contributed by atoms with Crippen LogP contribution in [-0.4, -0.2) is 72.8 Å². The molecule has 0 saturated heterocycles. The summed E-state index contributed by atoms with van der Waals surface area (Å²) in [4.78, 5) is 58.0. The SMILES string of the molecule is CC(C)N(C(=O)SCC(Cl)=C(Cl)Cl)C(C)C.O=C(O)CC(O)(CC(=O)OC(=O)c1ccccc1)C(=O)O. The number of hydrogen-bond donors (Lipinski definition) is 3. The van der Waals surface area contributed by atoms with Crippen LogP contribution in [0.15, 0.2) is 39.9 Å². The molecule has 1 atom stereocenters. The van der Waals surface area contributed by atoms with E-state index in [4.69, 9.17) is 45.0 Å². The molecule has 0 aliphatic heterocycles. The van der Waals surface area contributed by atoms with Gasteiger partial charge in [-0.25, -0.2) is 9.59 Å². The zero-order valence-electron chi connectivity index (χ0n) is 20.4. The van der Waals surface area contributed by atoms with Crippen LogP contribution < -0.4 is 0 Å². The lowest BCUT2D eigenvalue weighted by Gasteiger charge is -2.30. The van der Waals surface area contributed by atoms with Crippen LogP contribution in [0.1, 0.15) is 50.9 Å². The quantitative estimate of drug-likeness (QED) is 0.249. The number of hydrogen-bond acceptors (Lipinski definition) is 8. The van der Waals surface area contributed by atoms with E-state index in [0.717, 1.165) is 11.8 Å². The molecule has 0 aliphatic carbocycles. The minimum Gasteiger partial charge on any atom is -0.481 e. The van der Waals surface area contributed by atoms with Gasteiger partial charge in [-0.15, -0.1) is 0 Å². The first-order valence-corrected chi connectivity index (χ1v) is 12.8. The average Bonchev–Trinajstić information content (AvgIpc) is 2.77. The number of carboxylic acid groups (broad SMARTS) is 2. The van der Waals surface area contributed by atoms with Crippen LogP contribution in [0, 0.1) is 0 Å². The van der Waals surface area contributed by atoms with Crippen molar-refractivity contribution in [3.05, 3.63) is 45.4 Å². The molecule has 0 heterocycles. The third-order valence-electron chi connectivity index (χ3n) is 4.35. The number of benzene rings is 1. The maximum absolute atomic E-state index is 11.9. The zero-order chi connectivity index (χ0) is 28.9. The molecule has 14 heteroatoms. The molecule has 37 heavy (non-hydrogen) atoms. The van der Waals surface area contributed by atoms with Gasteiger partial charge in [0, 0.05) is 17.8 Å². The van der Waals surface area contributed by atoms with Crippen LogP contribution in [0.3, 0.4) is 0 Å². The Morgan fingerprint density at radius 3 is 1.86 bits per heavy atom. The zero-order valence-corrected chi connectivity index (χ0v) is 23.5. The highest BCUT2D eigenvalue weighted by atomic mass is 35.5. The third kappa shape index (κ3) is 13.2. The lowest BCUT2D eigenvalue weighted by molar-refractivity contribution is -0.170. The van der Waals surface area contributed by atoms with Gasteiger partial charge in [0.1, 0.15) is 4.49 Å². The maximum atomic E-state index is 11.9. The number of carbonyl (C=O) groups excluding carboxylic acids is 3. The summed E-state index contributed by atoms with van der Waals surface area (Å²) < 4.78 is 4.39. The highest BCUT2D eigenvalue weighted by Gasteiger charge is 2.42. The number of aliphatic hydroxyl groups is 1. The van der Waals surface area contributed by atoms with Crippen molar-refractivity contribution in [2.24, 2.45) is 0 Å². The number of aliphatic carboxylic acids is 2. The lowest BCUT2D eigenvalue weighted by Crippen LogP contribution is -2.43. The monoisotopic (exact) mass is 599 g/mol. The Balaban J connectivity index is 0.000000730. The van der Waals surface area contributed by atoms with E-state index >= 15 is 0 Å². The number of carboxylic acids is 2. The van der Waals surface area contributed by atoms with Gasteiger partial charge in [-0.05, 0) is 39.8 Å². The van der Waals surface area contributed by atoms with Gasteiger partial charge in [-0.1, -0.05) is 64.8 Å². The van der Waals surface area contributed by atoms with E-state index in [1.54, 1.807) is 11.0 Å². The number of carbonyl (C=O) groups is 5. The van der Waals surface area contributed by atoms with Crippen LogP contribution in [0.4, 0.5) is 4.79 Å². The molecule has 0 bridgehead atoms. The van der Waals surface area contributed by atoms with E-state index in [0.29, 0.717) is 10.8 Å². The number of esters is 2. The van der Waals surface area contributed by atoms with Gasteiger partial charge in [0.25, 0.3) is 5.24 Å². The molecule has 0 spiro atoms. The van der Waals surface area contributed by atoms with Gasteiger partial charge in [0.15, 0.2) is 5.60 Å². The van der Waals surface area contributed by atoms with Gasteiger partial charge >= 0.3 is 23.9 Å².